The summed E-state index contributed by atoms with van der Waals surface area (Å²) in [6.07, 6.45) is 2.78. The molecule has 2 unspecified atom stereocenters. The van der Waals surface area contributed by atoms with Crippen LogP contribution in [0.1, 0.15) is 57.8 Å². The Hall–Kier alpha value is -2.98. The van der Waals surface area contributed by atoms with Gasteiger partial charge in [-0.05, 0) is 29.5 Å². The summed E-state index contributed by atoms with van der Waals surface area (Å²) in [5, 5.41) is 4.56. The minimum Gasteiger partial charge on any atom is -0.495 e. The van der Waals surface area contributed by atoms with Gasteiger partial charge in [-0.1, -0.05) is 41.0 Å². The predicted molar refractivity (Wildman–Crippen MR) is 131 cm³/mol. The van der Waals surface area contributed by atoms with Gasteiger partial charge in [0, 0.05) is 23.6 Å². The lowest BCUT2D eigenvalue weighted by atomic mass is 9.92. The fourth-order valence-corrected chi connectivity index (χ4v) is 3.67. The molecule has 0 fully saturated rings. The van der Waals surface area contributed by atoms with Crippen LogP contribution in [0.3, 0.4) is 0 Å². The van der Waals surface area contributed by atoms with E-state index in [-0.39, 0.29) is 24.0 Å². The summed E-state index contributed by atoms with van der Waals surface area (Å²) in [5.41, 5.74) is 6.52. The summed E-state index contributed by atoms with van der Waals surface area (Å²) in [5.74, 6) is -0.780. The number of nitrogens with zero attached hydrogens (tertiary/aromatic N) is 2. The number of carbonyl (C=O) groups excluding carboxylic acids is 3. The van der Waals surface area contributed by atoms with Crippen LogP contribution in [0.4, 0.5) is 5.69 Å². The fourth-order valence-electron chi connectivity index (χ4n) is 2.96. The van der Waals surface area contributed by atoms with Crippen molar-refractivity contribution in [3.8, 4) is 5.75 Å². The normalized spacial score (nSPS) is 13.8. The van der Waals surface area contributed by atoms with Crippen molar-refractivity contribution in [2.45, 2.75) is 60.2 Å². The van der Waals surface area contributed by atoms with Crippen molar-refractivity contribution < 1.29 is 23.9 Å². The Balaban J connectivity index is 2.15. The zero-order valence-corrected chi connectivity index (χ0v) is 21.4. The highest BCUT2D eigenvalue weighted by atomic mass is 32.1. The van der Waals surface area contributed by atoms with Crippen molar-refractivity contribution >= 4 is 34.8 Å². The molecule has 0 aliphatic heterocycles. The van der Waals surface area contributed by atoms with Crippen molar-refractivity contribution in [1.29, 1.82) is 0 Å². The number of hydrogen-bond acceptors (Lipinski definition) is 7. The number of hydrogen-bond donors (Lipinski definition) is 2. The Kier molecular flexibility index (Phi) is 9.57. The van der Waals surface area contributed by atoms with Gasteiger partial charge in [0.05, 0.1) is 12.8 Å². The topological polar surface area (TPSA) is 125 Å². The smallest absolute Gasteiger partial charge is 0.324 e. The third-order valence-electron chi connectivity index (χ3n) is 5.15. The summed E-state index contributed by atoms with van der Waals surface area (Å²) in [6.45, 7) is 9.68. The highest BCUT2D eigenvalue weighted by molar-refractivity contribution is 7.07. The summed E-state index contributed by atoms with van der Waals surface area (Å²) in [6, 6.07) is 4.01. The molecule has 2 aromatic rings. The first kappa shape index (κ1) is 27.3. The van der Waals surface area contributed by atoms with E-state index in [1.54, 1.807) is 28.3 Å². The van der Waals surface area contributed by atoms with Crippen molar-refractivity contribution in [3.63, 3.8) is 0 Å². The molecule has 0 aliphatic carbocycles. The summed E-state index contributed by atoms with van der Waals surface area (Å²) in [4.78, 5) is 41.7. The third-order valence-corrected chi connectivity index (χ3v) is 5.94. The first-order valence-electron chi connectivity index (χ1n) is 11.1. The number of rotatable bonds is 9. The molecular weight excluding hydrogens is 456 g/mol. The maximum absolute atomic E-state index is 12.8. The number of nitrogens with one attached hydrogen (secondary N) is 1. The van der Waals surface area contributed by atoms with Crippen LogP contribution in [0, 0.1) is 11.3 Å². The standard InChI is InChI=1S/C24H34N4O5S/c1-7-15(2)20(25)22(31)33-14-28-10-11-34-23(28)27-21(30)16-8-9-17(18(12-16)32-6)26-19(29)13-24(3,4)5/h8-12,15,20H,7,13-14,25H2,1-6H3,(H,26,29)/b27-23-. The lowest BCUT2D eigenvalue weighted by Crippen LogP contribution is -2.38. The van der Waals surface area contributed by atoms with Crippen LogP contribution in [0.5, 0.6) is 5.75 Å². The molecule has 0 saturated carbocycles. The van der Waals surface area contributed by atoms with Crippen molar-refractivity contribution in [2.24, 2.45) is 22.1 Å². The van der Waals surface area contributed by atoms with Crippen LogP contribution < -0.4 is 20.6 Å². The van der Waals surface area contributed by atoms with Crippen LogP contribution in [-0.2, 0) is 21.1 Å². The van der Waals surface area contributed by atoms with Gasteiger partial charge in [0.25, 0.3) is 5.91 Å². The number of esters is 1. The zero-order valence-electron chi connectivity index (χ0n) is 20.6. The van der Waals surface area contributed by atoms with E-state index in [4.69, 9.17) is 15.2 Å². The van der Waals surface area contributed by atoms with E-state index >= 15 is 0 Å². The Morgan fingerprint density at radius 2 is 1.97 bits per heavy atom. The number of ether oxygens (including phenoxy) is 2. The molecule has 2 rings (SSSR count). The van der Waals surface area contributed by atoms with Gasteiger partial charge in [-0.25, -0.2) is 0 Å². The Morgan fingerprint density at radius 3 is 2.59 bits per heavy atom. The van der Waals surface area contributed by atoms with Gasteiger partial charge in [0.2, 0.25) is 5.91 Å². The molecule has 2 atom stereocenters. The third kappa shape index (κ3) is 7.81. The summed E-state index contributed by atoms with van der Waals surface area (Å²) < 4.78 is 12.2. The molecule has 10 heteroatoms. The van der Waals surface area contributed by atoms with E-state index in [9.17, 15) is 14.4 Å². The molecule has 0 aliphatic rings. The van der Waals surface area contributed by atoms with Crippen LogP contribution >= 0.6 is 11.3 Å². The van der Waals surface area contributed by atoms with E-state index in [2.05, 4.69) is 10.3 Å². The van der Waals surface area contributed by atoms with Crippen molar-refractivity contribution in [2.75, 3.05) is 12.4 Å². The monoisotopic (exact) mass is 490 g/mol. The van der Waals surface area contributed by atoms with Gasteiger partial charge < -0.3 is 20.5 Å². The fraction of sp³-hybridized carbons (Fsp3) is 0.500. The number of carbonyl (C=O) groups is 3. The Morgan fingerprint density at radius 1 is 1.26 bits per heavy atom. The van der Waals surface area contributed by atoms with E-state index in [1.807, 2.05) is 34.6 Å². The van der Waals surface area contributed by atoms with Crippen LogP contribution in [0.15, 0.2) is 34.8 Å². The second-order valence-corrected chi connectivity index (χ2v) is 10.1. The lowest BCUT2D eigenvalue weighted by Gasteiger charge is -2.18. The number of aromatic nitrogens is 1. The van der Waals surface area contributed by atoms with Gasteiger partial charge in [-0.3, -0.25) is 19.0 Å². The average Bonchev–Trinajstić information content (AvgIpc) is 3.21. The highest BCUT2D eigenvalue weighted by Gasteiger charge is 2.21. The molecule has 1 aromatic carbocycles. The van der Waals surface area contributed by atoms with E-state index in [0.717, 1.165) is 6.42 Å². The number of benzene rings is 1. The average molecular weight is 491 g/mol. The largest absolute Gasteiger partial charge is 0.495 e. The van der Waals surface area contributed by atoms with E-state index in [1.165, 1.54) is 24.5 Å². The quantitative estimate of drug-likeness (QED) is 0.518. The molecule has 9 nitrogen and oxygen atoms in total. The molecular formula is C24H34N4O5S. The van der Waals surface area contributed by atoms with Crippen molar-refractivity contribution in [3.05, 3.63) is 40.1 Å². The van der Waals surface area contributed by atoms with Crippen LogP contribution in [-0.4, -0.2) is 35.5 Å². The molecule has 0 radical (unpaired) electrons. The number of nitrogens with two attached hydrogens (primary N) is 1. The van der Waals surface area contributed by atoms with E-state index < -0.39 is 17.9 Å². The van der Waals surface area contributed by atoms with E-state index in [0.29, 0.717) is 28.2 Å². The summed E-state index contributed by atoms with van der Waals surface area (Å²) >= 11 is 1.23. The van der Waals surface area contributed by atoms with Gasteiger partial charge >= 0.3 is 5.97 Å². The highest BCUT2D eigenvalue weighted by Crippen LogP contribution is 2.27. The molecule has 0 spiro atoms. The first-order chi connectivity index (χ1) is 15.9. The van der Waals surface area contributed by atoms with Gasteiger partial charge in [-0.15, -0.1) is 11.3 Å². The van der Waals surface area contributed by atoms with Crippen molar-refractivity contribution in [1.82, 2.24) is 4.57 Å². The number of methoxy groups -OCH3 is 1. The second kappa shape index (κ2) is 11.9. The predicted octanol–water partition coefficient (Wildman–Crippen LogP) is 3.55. The summed E-state index contributed by atoms with van der Waals surface area (Å²) in [7, 11) is 1.46. The molecule has 1 aromatic heterocycles. The Labute approximate surface area is 204 Å². The Bertz CT molecular complexity index is 1080. The molecule has 34 heavy (non-hydrogen) atoms. The number of thiazole rings is 1. The molecule has 2 amide bonds. The minimum absolute atomic E-state index is 0.00177. The number of anilines is 1. The van der Waals surface area contributed by atoms with Crippen LogP contribution in [0.2, 0.25) is 0 Å². The maximum atomic E-state index is 12.8. The minimum atomic E-state index is -0.707. The number of amides is 2. The maximum Gasteiger partial charge on any atom is 0.324 e. The molecule has 186 valence electrons. The van der Waals surface area contributed by atoms with Gasteiger partial charge in [0.15, 0.2) is 11.5 Å². The second-order valence-electron chi connectivity index (χ2n) is 9.28. The van der Waals surface area contributed by atoms with Crippen LogP contribution in [0.25, 0.3) is 0 Å². The van der Waals surface area contributed by atoms with Gasteiger partial charge in [-0.2, -0.15) is 4.99 Å². The lowest BCUT2D eigenvalue weighted by molar-refractivity contribution is -0.150. The SMILES string of the molecule is CCC(C)C(N)C(=O)OCn1ccs/c1=N\C(=O)c1ccc(NC(=O)CC(C)(C)C)c(OC)c1. The molecule has 1 heterocycles. The molecule has 0 saturated heterocycles. The molecule has 3 N–H and O–H groups in total. The molecule has 0 bridgehead atoms. The zero-order chi connectivity index (χ0) is 25.5. The first-order valence-corrected chi connectivity index (χ1v) is 12.0. The van der Waals surface area contributed by atoms with Gasteiger partial charge in [0.1, 0.15) is 11.8 Å².